The van der Waals surface area contributed by atoms with Gasteiger partial charge in [-0.3, -0.25) is 9.99 Å². The molecule has 1 atom stereocenters. The van der Waals surface area contributed by atoms with E-state index in [9.17, 15) is 13.9 Å². The number of aromatic nitrogens is 5. The van der Waals surface area contributed by atoms with Crippen LogP contribution in [0.25, 0.3) is 0 Å². The molecular weight excluding hydrogens is 707 g/mol. The molecule has 4 aliphatic rings. The molecule has 0 amide bonds. The predicted molar refractivity (Wildman–Crippen MR) is 198 cm³/mol. The van der Waals surface area contributed by atoms with Gasteiger partial charge in [0, 0.05) is 51.0 Å². The van der Waals surface area contributed by atoms with Crippen molar-refractivity contribution in [3.8, 4) is 5.75 Å². The Kier molecular flexibility index (Phi) is 11.7. The lowest BCUT2D eigenvalue weighted by Crippen LogP contribution is -2.46. The average molecular weight is 746 g/mol. The summed E-state index contributed by atoms with van der Waals surface area (Å²) in [5.74, 6) is 0.431. The molecule has 276 valence electrons. The zero-order valence-electron chi connectivity index (χ0n) is 29.0. The van der Waals surface area contributed by atoms with Gasteiger partial charge in [0.1, 0.15) is 13.6 Å². The predicted octanol–water partition coefficient (Wildman–Crippen LogP) is 3.30. The van der Waals surface area contributed by atoms with E-state index in [-0.39, 0.29) is 22.6 Å². The largest absolute Gasteiger partial charge is 0.506 e. The van der Waals surface area contributed by atoms with Crippen molar-refractivity contribution < 1.29 is 23.4 Å². The second-order valence-electron chi connectivity index (χ2n) is 12.8. The van der Waals surface area contributed by atoms with Crippen LogP contribution in [0.3, 0.4) is 0 Å². The molecule has 2 radical (unpaired) electrons. The lowest BCUT2D eigenvalue weighted by atomic mass is 9.91. The molecule has 0 bridgehead atoms. The maximum Gasteiger partial charge on any atom is 0.248 e. The highest BCUT2D eigenvalue weighted by atomic mass is 35.5. The van der Waals surface area contributed by atoms with E-state index in [2.05, 4.69) is 35.4 Å². The van der Waals surface area contributed by atoms with Crippen molar-refractivity contribution in [2.45, 2.75) is 31.7 Å². The van der Waals surface area contributed by atoms with Gasteiger partial charge in [0.05, 0.1) is 61.3 Å². The number of nitrogens with zero attached hydrogens (tertiary/aromatic N) is 10. The molecule has 7 heterocycles. The minimum atomic E-state index is -0.480. The first kappa shape index (κ1) is 36.6. The van der Waals surface area contributed by atoms with Crippen LogP contribution in [-0.2, 0) is 9.47 Å². The van der Waals surface area contributed by atoms with Gasteiger partial charge < -0.3 is 24.4 Å². The summed E-state index contributed by atoms with van der Waals surface area (Å²) in [6.07, 6.45) is 7.58. The fourth-order valence-electron chi connectivity index (χ4n) is 6.49. The Morgan fingerprint density at radius 3 is 2.15 bits per heavy atom. The van der Waals surface area contributed by atoms with Gasteiger partial charge in [0.15, 0.2) is 23.3 Å². The molecule has 1 unspecified atom stereocenters. The number of anilines is 4. The van der Waals surface area contributed by atoms with Crippen LogP contribution >= 0.6 is 11.6 Å². The van der Waals surface area contributed by atoms with Crippen molar-refractivity contribution in [2.75, 3.05) is 85.5 Å². The van der Waals surface area contributed by atoms with Crippen molar-refractivity contribution >= 4 is 54.2 Å². The van der Waals surface area contributed by atoms with Crippen LogP contribution in [0.15, 0.2) is 54.0 Å². The number of hydrazone groups is 1. The summed E-state index contributed by atoms with van der Waals surface area (Å²) in [6.45, 7) is 5.99. The molecule has 1 aromatic carbocycles. The van der Waals surface area contributed by atoms with Crippen molar-refractivity contribution in [1.82, 2.24) is 30.3 Å². The first-order valence-electron chi connectivity index (χ1n) is 17.6. The van der Waals surface area contributed by atoms with Crippen LogP contribution in [0, 0.1) is 11.6 Å². The van der Waals surface area contributed by atoms with Crippen molar-refractivity contribution in [3.63, 3.8) is 0 Å². The van der Waals surface area contributed by atoms with Crippen molar-refractivity contribution in [1.29, 1.82) is 0 Å². The van der Waals surface area contributed by atoms with E-state index in [1.165, 1.54) is 12.3 Å². The highest BCUT2D eigenvalue weighted by Crippen LogP contribution is 2.30. The Bertz CT molecular complexity index is 1910. The number of benzene rings is 1. The third-order valence-corrected chi connectivity index (χ3v) is 9.46. The van der Waals surface area contributed by atoms with E-state index in [0.717, 1.165) is 37.7 Å². The van der Waals surface area contributed by atoms with Crippen LogP contribution in [0.4, 0.5) is 32.3 Å². The molecular formula is C35H39BClF2N11O3. The van der Waals surface area contributed by atoms with Gasteiger partial charge in [0.2, 0.25) is 11.9 Å². The van der Waals surface area contributed by atoms with E-state index in [1.54, 1.807) is 17.3 Å². The first-order valence-corrected chi connectivity index (χ1v) is 18.0. The maximum absolute atomic E-state index is 14.3. The number of nitrogens with one attached hydrogen (secondary N) is 1. The molecule has 3 fully saturated rings. The van der Waals surface area contributed by atoms with Gasteiger partial charge in [-0.25, -0.2) is 29.2 Å². The molecule has 0 aliphatic carbocycles. The van der Waals surface area contributed by atoms with Gasteiger partial charge in [-0.15, -0.1) is 0 Å². The number of morpholine rings is 2. The summed E-state index contributed by atoms with van der Waals surface area (Å²) < 4.78 is 39.1. The number of ether oxygens (including phenoxy) is 2. The number of hydrogen-bond donors (Lipinski definition) is 2. The number of hydrazine groups is 1. The summed E-state index contributed by atoms with van der Waals surface area (Å²) in [7, 11) is 5.85. The molecule has 3 saturated heterocycles. The molecule has 53 heavy (non-hydrogen) atoms. The van der Waals surface area contributed by atoms with E-state index in [0.29, 0.717) is 100 Å². The normalized spacial score (nSPS) is 19.4. The van der Waals surface area contributed by atoms with Gasteiger partial charge in [-0.05, 0) is 43.9 Å². The highest BCUT2D eigenvalue weighted by molar-refractivity contribution is 6.38. The fraction of sp³-hybridized carbons (Fsp3) is 0.429. The molecule has 14 nitrogen and oxygen atoms in total. The summed E-state index contributed by atoms with van der Waals surface area (Å²) >= 11 is 6.04. The second kappa shape index (κ2) is 17.0. The van der Waals surface area contributed by atoms with Crippen LogP contribution in [0.1, 0.15) is 43.0 Å². The molecule has 2 N–H and O–H groups in total. The lowest BCUT2D eigenvalue weighted by Gasteiger charge is -2.34. The molecule has 0 spiro atoms. The van der Waals surface area contributed by atoms with Gasteiger partial charge in [-0.2, -0.15) is 15.1 Å². The van der Waals surface area contributed by atoms with Crippen molar-refractivity contribution in [3.05, 3.63) is 76.8 Å². The van der Waals surface area contributed by atoms with Gasteiger partial charge in [0.25, 0.3) is 0 Å². The Balaban J connectivity index is 0.000000165. The van der Waals surface area contributed by atoms with E-state index in [4.69, 9.17) is 28.9 Å². The van der Waals surface area contributed by atoms with Crippen LogP contribution in [0.5, 0.6) is 5.75 Å². The molecule has 4 aliphatic heterocycles. The molecule has 3 aromatic heterocycles. The SMILES string of the molecule is Fc1cnc(N2CCCC(c3ccccn3)N2)nc1N1CCOCC1.[B]c1cc(Cl)c(O)c(C2=NN(c3ncc(F)c(N4CCOCC4)n3)CCC2)c1. The standard InChI is InChI=1S/C18H18BClFN5O2.C17H21FN6O/c19-11-8-12(16(27)13(20)9-11)15-2-1-3-26(24-15)18-22-10-14(21)17(23-18)25-4-6-28-7-5-25;18-13-12-20-17(21-16(13)23-8-10-25-11-9-23)24-7-3-5-15(22-24)14-4-1-2-6-19-14/h8-10,27H,1-7H2;1-2,4,6,12,15,22H,3,5,7-11H2. The Morgan fingerprint density at radius 2 is 1.49 bits per heavy atom. The number of rotatable bonds is 6. The summed E-state index contributed by atoms with van der Waals surface area (Å²) in [5.41, 5.74) is 5.94. The van der Waals surface area contributed by atoms with Crippen LogP contribution < -0.4 is 30.7 Å². The fourth-order valence-corrected chi connectivity index (χ4v) is 6.71. The third kappa shape index (κ3) is 8.75. The van der Waals surface area contributed by atoms with E-state index in [1.807, 2.05) is 33.0 Å². The van der Waals surface area contributed by atoms with Crippen LogP contribution in [-0.4, -0.2) is 109 Å². The topological polar surface area (TPSA) is 140 Å². The number of pyridine rings is 1. The summed E-state index contributed by atoms with van der Waals surface area (Å²) in [4.78, 5) is 25.3. The minimum absolute atomic E-state index is 0.0644. The summed E-state index contributed by atoms with van der Waals surface area (Å²) in [6, 6.07) is 9.12. The Labute approximate surface area is 312 Å². The van der Waals surface area contributed by atoms with E-state index < -0.39 is 11.6 Å². The Morgan fingerprint density at radius 1 is 0.830 bits per heavy atom. The van der Waals surface area contributed by atoms with Gasteiger partial charge in [-0.1, -0.05) is 29.2 Å². The zero-order chi connectivity index (χ0) is 36.7. The van der Waals surface area contributed by atoms with Gasteiger partial charge >= 0.3 is 0 Å². The number of phenols is 1. The van der Waals surface area contributed by atoms with Crippen molar-refractivity contribution in [2.24, 2.45) is 5.10 Å². The lowest BCUT2D eigenvalue weighted by molar-refractivity contribution is 0.122. The maximum atomic E-state index is 14.3. The second-order valence-corrected chi connectivity index (χ2v) is 13.2. The average Bonchev–Trinajstić information content (AvgIpc) is 3.21. The minimum Gasteiger partial charge on any atom is -0.506 e. The monoisotopic (exact) mass is 745 g/mol. The molecule has 8 rings (SSSR count). The molecule has 4 aromatic rings. The third-order valence-electron chi connectivity index (χ3n) is 9.17. The Hall–Kier alpha value is -4.71. The number of hydrogen-bond acceptors (Lipinski definition) is 14. The molecule has 18 heteroatoms. The zero-order valence-corrected chi connectivity index (χ0v) is 29.8. The van der Waals surface area contributed by atoms with E-state index >= 15 is 0 Å². The highest BCUT2D eigenvalue weighted by Gasteiger charge is 2.26. The number of halogens is 3. The quantitative estimate of drug-likeness (QED) is 0.280. The first-order chi connectivity index (χ1) is 25.8. The smallest absolute Gasteiger partial charge is 0.248 e. The summed E-state index contributed by atoms with van der Waals surface area (Å²) in [5, 5.41) is 18.5. The molecule has 0 saturated carbocycles. The number of phenolic OH excluding ortho intramolecular Hbond substituents is 1. The number of aromatic hydroxyl groups is 1. The van der Waals surface area contributed by atoms with Crippen LogP contribution in [0.2, 0.25) is 5.02 Å².